The first-order chi connectivity index (χ1) is 13.9. The van der Waals surface area contributed by atoms with Crippen LogP contribution < -0.4 is 5.32 Å². The standard InChI is InChI=1S/C24H27N3OS/c1-17-11-12-21(14-18(17)2)29-24-22(10-7-13-25-24)23(28)26-15-19-8-5-6-9-20(19)16-27(3)4/h5-14H,15-16H2,1-4H3,(H,26,28). The summed E-state index contributed by atoms with van der Waals surface area (Å²) in [4.78, 5) is 20.6. The van der Waals surface area contributed by atoms with Gasteiger partial charge in [0.15, 0.2) is 0 Å². The SMILES string of the molecule is Cc1ccc(Sc2ncccc2C(=O)NCc2ccccc2CN(C)C)cc1C. The van der Waals surface area contributed by atoms with Gasteiger partial charge in [0, 0.05) is 24.2 Å². The van der Waals surface area contributed by atoms with E-state index in [-0.39, 0.29) is 5.91 Å². The molecule has 2 aromatic carbocycles. The number of carbonyl (C=O) groups excluding carboxylic acids is 1. The number of nitrogens with one attached hydrogen (secondary N) is 1. The molecule has 4 nitrogen and oxygen atoms in total. The number of aromatic nitrogens is 1. The Balaban J connectivity index is 1.74. The van der Waals surface area contributed by atoms with Crippen LogP contribution >= 0.6 is 11.8 Å². The van der Waals surface area contributed by atoms with Crippen LogP contribution in [0.1, 0.15) is 32.6 Å². The molecule has 0 saturated carbocycles. The molecular formula is C24H27N3OS. The molecule has 0 aliphatic carbocycles. The number of aryl methyl sites for hydroxylation is 2. The summed E-state index contributed by atoms with van der Waals surface area (Å²) >= 11 is 1.52. The fraction of sp³-hybridized carbons (Fsp3) is 0.250. The predicted octanol–water partition coefficient (Wildman–Crippen LogP) is 4.84. The third kappa shape index (κ3) is 5.68. The normalized spacial score (nSPS) is 10.9. The summed E-state index contributed by atoms with van der Waals surface area (Å²) in [6.45, 7) is 5.52. The number of nitrogens with zero attached hydrogens (tertiary/aromatic N) is 2. The number of carbonyl (C=O) groups is 1. The average Bonchev–Trinajstić information content (AvgIpc) is 2.70. The van der Waals surface area contributed by atoms with Crippen molar-refractivity contribution in [2.24, 2.45) is 0 Å². The molecule has 29 heavy (non-hydrogen) atoms. The van der Waals surface area contributed by atoms with Crippen molar-refractivity contribution in [1.29, 1.82) is 0 Å². The van der Waals surface area contributed by atoms with Crippen molar-refractivity contribution in [2.45, 2.75) is 36.9 Å². The van der Waals surface area contributed by atoms with Crippen LogP contribution in [-0.4, -0.2) is 29.9 Å². The highest BCUT2D eigenvalue weighted by atomic mass is 32.2. The summed E-state index contributed by atoms with van der Waals surface area (Å²) in [5, 5.41) is 3.78. The minimum absolute atomic E-state index is 0.107. The topological polar surface area (TPSA) is 45.2 Å². The van der Waals surface area contributed by atoms with E-state index in [1.54, 1.807) is 12.3 Å². The molecule has 1 heterocycles. The van der Waals surface area contributed by atoms with Crippen LogP contribution in [0.15, 0.2) is 70.7 Å². The van der Waals surface area contributed by atoms with Crippen LogP contribution in [0, 0.1) is 13.8 Å². The van der Waals surface area contributed by atoms with Gasteiger partial charge in [-0.2, -0.15) is 0 Å². The lowest BCUT2D eigenvalue weighted by molar-refractivity contribution is 0.0947. The number of benzene rings is 2. The van der Waals surface area contributed by atoms with Crippen LogP contribution in [0.5, 0.6) is 0 Å². The Morgan fingerprint density at radius 1 is 1.00 bits per heavy atom. The van der Waals surface area contributed by atoms with E-state index in [1.807, 2.05) is 32.3 Å². The highest BCUT2D eigenvalue weighted by Gasteiger charge is 2.14. The Kier molecular flexibility index (Phi) is 7.07. The lowest BCUT2D eigenvalue weighted by Gasteiger charge is -2.15. The van der Waals surface area contributed by atoms with Gasteiger partial charge in [-0.05, 0) is 74.5 Å². The molecule has 1 amide bonds. The fourth-order valence-electron chi connectivity index (χ4n) is 3.03. The van der Waals surface area contributed by atoms with Gasteiger partial charge in [0.2, 0.25) is 0 Å². The van der Waals surface area contributed by atoms with Gasteiger partial charge >= 0.3 is 0 Å². The van der Waals surface area contributed by atoms with Gasteiger partial charge in [-0.3, -0.25) is 4.79 Å². The Hall–Kier alpha value is -2.63. The van der Waals surface area contributed by atoms with Gasteiger partial charge in [0.25, 0.3) is 5.91 Å². The molecule has 0 unspecified atom stereocenters. The van der Waals surface area contributed by atoms with E-state index in [0.717, 1.165) is 22.0 Å². The summed E-state index contributed by atoms with van der Waals surface area (Å²) in [5.74, 6) is -0.107. The smallest absolute Gasteiger partial charge is 0.254 e. The zero-order valence-corrected chi connectivity index (χ0v) is 18.2. The van der Waals surface area contributed by atoms with Crippen molar-refractivity contribution in [3.8, 4) is 0 Å². The molecule has 150 valence electrons. The third-order valence-electron chi connectivity index (χ3n) is 4.75. The van der Waals surface area contributed by atoms with Gasteiger partial charge in [0.1, 0.15) is 5.03 Å². The van der Waals surface area contributed by atoms with E-state index in [1.165, 1.54) is 28.5 Å². The molecule has 1 aromatic heterocycles. The highest BCUT2D eigenvalue weighted by Crippen LogP contribution is 2.30. The van der Waals surface area contributed by atoms with E-state index in [4.69, 9.17) is 0 Å². The molecule has 0 fully saturated rings. The molecule has 0 spiro atoms. The molecular weight excluding hydrogens is 378 g/mol. The first kappa shape index (κ1) is 21.1. The van der Waals surface area contributed by atoms with E-state index in [2.05, 4.69) is 59.4 Å². The molecule has 1 N–H and O–H groups in total. The van der Waals surface area contributed by atoms with E-state index >= 15 is 0 Å². The largest absolute Gasteiger partial charge is 0.348 e. The van der Waals surface area contributed by atoms with E-state index < -0.39 is 0 Å². The number of pyridine rings is 1. The summed E-state index contributed by atoms with van der Waals surface area (Å²) in [5.41, 5.74) is 5.43. The number of amides is 1. The maximum Gasteiger partial charge on any atom is 0.254 e. The molecule has 0 radical (unpaired) electrons. The minimum atomic E-state index is -0.107. The summed E-state index contributed by atoms with van der Waals surface area (Å²) < 4.78 is 0. The van der Waals surface area contributed by atoms with Gasteiger partial charge in [-0.25, -0.2) is 4.98 Å². The Bertz CT molecular complexity index is 1000. The predicted molar refractivity (Wildman–Crippen MR) is 119 cm³/mol. The molecule has 0 aliphatic rings. The van der Waals surface area contributed by atoms with Gasteiger partial charge in [0.05, 0.1) is 5.56 Å². The first-order valence-electron chi connectivity index (χ1n) is 9.64. The Labute approximate surface area is 177 Å². The monoisotopic (exact) mass is 405 g/mol. The average molecular weight is 406 g/mol. The lowest BCUT2D eigenvalue weighted by atomic mass is 10.1. The van der Waals surface area contributed by atoms with Crippen molar-refractivity contribution in [2.75, 3.05) is 14.1 Å². The van der Waals surface area contributed by atoms with Gasteiger partial charge in [-0.15, -0.1) is 0 Å². The van der Waals surface area contributed by atoms with Crippen molar-refractivity contribution < 1.29 is 4.79 Å². The molecule has 0 saturated heterocycles. The zero-order chi connectivity index (χ0) is 20.8. The van der Waals surface area contributed by atoms with Crippen molar-refractivity contribution in [3.05, 3.63) is 88.6 Å². The molecule has 3 rings (SSSR count). The summed E-state index contributed by atoms with van der Waals surface area (Å²) in [6, 6.07) is 18.1. The van der Waals surface area contributed by atoms with E-state index in [0.29, 0.717) is 12.1 Å². The maximum absolute atomic E-state index is 12.9. The minimum Gasteiger partial charge on any atom is -0.348 e. The summed E-state index contributed by atoms with van der Waals surface area (Å²) in [7, 11) is 4.09. The molecule has 0 atom stereocenters. The van der Waals surface area contributed by atoms with Gasteiger partial charge < -0.3 is 10.2 Å². The number of hydrogen-bond donors (Lipinski definition) is 1. The highest BCUT2D eigenvalue weighted by molar-refractivity contribution is 7.99. The second-order valence-corrected chi connectivity index (χ2v) is 8.46. The number of rotatable bonds is 7. The van der Waals surface area contributed by atoms with Crippen molar-refractivity contribution in [3.63, 3.8) is 0 Å². The van der Waals surface area contributed by atoms with Crippen LogP contribution in [0.25, 0.3) is 0 Å². The number of hydrogen-bond acceptors (Lipinski definition) is 4. The van der Waals surface area contributed by atoms with Crippen molar-refractivity contribution in [1.82, 2.24) is 15.2 Å². The van der Waals surface area contributed by atoms with Crippen LogP contribution in [0.3, 0.4) is 0 Å². The second-order valence-electron chi connectivity index (χ2n) is 7.39. The quantitative estimate of drug-likeness (QED) is 0.611. The van der Waals surface area contributed by atoms with Crippen molar-refractivity contribution >= 4 is 17.7 Å². The van der Waals surface area contributed by atoms with Gasteiger partial charge in [-0.1, -0.05) is 42.1 Å². The summed E-state index contributed by atoms with van der Waals surface area (Å²) in [6.07, 6.45) is 1.73. The van der Waals surface area contributed by atoms with Crippen LogP contribution in [0.2, 0.25) is 0 Å². The van der Waals surface area contributed by atoms with Crippen LogP contribution in [0.4, 0.5) is 0 Å². The van der Waals surface area contributed by atoms with E-state index in [9.17, 15) is 4.79 Å². The Morgan fingerprint density at radius 2 is 1.76 bits per heavy atom. The first-order valence-corrected chi connectivity index (χ1v) is 10.5. The third-order valence-corrected chi connectivity index (χ3v) is 5.76. The molecule has 5 heteroatoms. The zero-order valence-electron chi connectivity index (χ0n) is 17.4. The molecule has 3 aromatic rings. The maximum atomic E-state index is 12.9. The molecule has 0 bridgehead atoms. The second kappa shape index (κ2) is 9.72. The fourth-order valence-corrected chi connectivity index (χ4v) is 4.01. The lowest BCUT2D eigenvalue weighted by Crippen LogP contribution is -2.25. The van der Waals surface area contributed by atoms with Crippen LogP contribution in [-0.2, 0) is 13.1 Å². The Morgan fingerprint density at radius 3 is 2.48 bits per heavy atom. The molecule has 0 aliphatic heterocycles.